The van der Waals surface area contributed by atoms with E-state index < -0.39 is 18.0 Å². The van der Waals surface area contributed by atoms with Crippen LogP contribution < -0.4 is 0 Å². The van der Waals surface area contributed by atoms with Crippen LogP contribution in [-0.4, -0.2) is 64.2 Å². The average Bonchev–Trinajstić information content (AvgIpc) is 3.45. The largest absolute Gasteiger partial charge is 0.459 e. The molecule has 0 aromatic heterocycles. The number of carbonyl (C=O) groups is 1. The molecule has 4 aliphatic carbocycles. The van der Waals surface area contributed by atoms with Crippen molar-refractivity contribution in [2.24, 2.45) is 50.7 Å². The van der Waals surface area contributed by atoms with Gasteiger partial charge in [0.05, 0.1) is 18.8 Å². The minimum Gasteiger partial charge on any atom is -0.459 e. The van der Waals surface area contributed by atoms with E-state index in [1.54, 1.807) is 12.2 Å². The number of carbonyl (C=O) groups excluding carboxylic acids is 1. The fourth-order valence-corrected chi connectivity index (χ4v) is 13.1. The SMILES string of the molecule is CCCCC/C=C\C=C\C(=O)O[C@@H]1CC[C@]2(C)[C@H]3CC[C@@]4(C)[C@@H]([C@H]5CC([C@@H]6O[C@@]6(C)CO)O[C@@H]5O)CC[C@@]4(C)[C@]3(C)[C@H](O)C[C@H]2C1(C)C. The molecule has 272 valence electrons. The minimum absolute atomic E-state index is 0.0212. The highest BCUT2D eigenvalue weighted by Crippen LogP contribution is 2.79. The van der Waals surface area contributed by atoms with Crippen LogP contribution in [0.1, 0.15) is 132 Å². The lowest BCUT2D eigenvalue weighted by Gasteiger charge is -2.73. The van der Waals surface area contributed by atoms with Gasteiger partial charge in [-0.3, -0.25) is 0 Å². The zero-order valence-corrected chi connectivity index (χ0v) is 31.2. The number of unbranched alkanes of at least 4 members (excludes halogenated alkanes) is 3. The second-order valence-electron chi connectivity index (χ2n) is 18.6. The maximum Gasteiger partial charge on any atom is 0.331 e. The van der Waals surface area contributed by atoms with Crippen LogP contribution in [0.2, 0.25) is 0 Å². The van der Waals surface area contributed by atoms with E-state index in [-0.39, 0.29) is 69.8 Å². The number of ether oxygens (including phenoxy) is 3. The summed E-state index contributed by atoms with van der Waals surface area (Å²) in [6, 6.07) is 0. The molecule has 0 spiro atoms. The number of allylic oxidation sites excluding steroid dienone is 3. The van der Waals surface area contributed by atoms with Crippen LogP contribution in [0.15, 0.2) is 24.3 Å². The molecule has 0 aromatic rings. The molecule has 4 saturated carbocycles. The second-order valence-corrected chi connectivity index (χ2v) is 18.6. The van der Waals surface area contributed by atoms with Gasteiger partial charge in [0.25, 0.3) is 0 Å². The summed E-state index contributed by atoms with van der Waals surface area (Å²) in [6.07, 6.45) is 17.7. The molecule has 0 bridgehead atoms. The molecule has 1 unspecified atom stereocenters. The number of aliphatic hydroxyl groups is 3. The van der Waals surface area contributed by atoms with Crippen LogP contribution >= 0.6 is 0 Å². The summed E-state index contributed by atoms with van der Waals surface area (Å²) >= 11 is 0. The monoisotopic (exact) mass is 670 g/mol. The van der Waals surface area contributed by atoms with Crippen LogP contribution in [0.5, 0.6) is 0 Å². The van der Waals surface area contributed by atoms with E-state index in [9.17, 15) is 20.1 Å². The van der Waals surface area contributed by atoms with E-state index in [0.717, 1.165) is 51.4 Å². The van der Waals surface area contributed by atoms with Crippen LogP contribution in [0.4, 0.5) is 0 Å². The van der Waals surface area contributed by atoms with Crippen molar-refractivity contribution in [3.8, 4) is 0 Å². The Bertz CT molecular complexity index is 1260. The van der Waals surface area contributed by atoms with Crippen molar-refractivity contribution in [2.75, 3.05) is 6.61 Å². The first kappa shape index (κ1) is 36.5. The summed E-state index contributed by atoms with van der Waals surface area (Å²) < 4.78 is 18.2. The van der Waals surface area contributed by atoms with Gasteiger partial charge in [-0.15, -0.1) is 0 Å². The zero-order valence-electron chi connectivity index (χ0n) is 31.2. The number of rotatable bonds is 10. The molecule has 7 heteroatoms. The summed E-state index contributed by atoms with van der Waals surface area (Å²) in [4.78, 5) is 13.0. The van der Waals surface area contributed by atoms with Crippen LogP contribution in [0.25, 0.3) is 0 Å². The summed E-state index contributed by atoms with van der Waals surface area (Å²) in [5, 5.41) is 33.5. The van der Waals surface area contributed by atoms with E-state index in [4.69, 9.17) is 14.2 Å². The first-order valence-corrected chi connectivity index (χ1v) is 19.4. The lowest BCUT2D eigenvalue weighted by molar-refractivity contribution is -0.281. The molecule has 0 radical (unpaired) electrons. The maximum atomic E-state index is 13.0. The normalized spacial score (nSPS) is 51.1. The third kappa shape index (κ3) is 5.42. The maximum absolute atomic E-state index is 13.0. The number of fused-ring (bicyclic) bond motifs is 5. The molecule has 2 heterocycles. The van der Waals surface area contributed by atoms with Gasteiger partial charge >= 0.3 is 5.97 Å². The summed E-state index contributed by atoms with van der Waals surface area (Å²) in [5.74, 6) is 0.633. The highest BCUT2D eigenvalue weighted by Gasteiger charge is 2.75. The standard InChI is InChI=1S/C41H66O7/c1-9-10-11-12-13-14-15-16-33(44)47-32-19-20-37(4)29-18-21-38(5)27(26-23-28(46-35(26)45)34-39(6,25-42)48-34)17-22-40(38,7)41(29,8)31(43)24-30(37)36(32,2)3/h13-16,26-32,34-35,42-43,45H,9-12,17-25H2,1-8H3/b14-13-,16-15+/t26-,27-,28?,29-,30+,31-,32-,34+,35+,37-,38+,39+,40-,41+/m1/s1. The minimum atomic E-state index is -0.828. The molecule has 6 rings (SSSR count). The third-order valence-electron chi connectivity index (χ3n) is 16.3. The first-order chi connectivity index (χ1) is 22.5. The lowest BCUT2D eigenvalue weighted by atomic mass is 9.32. The topological polar surface area (TPSA) is 109 Å². The zero-order chi connectivity index (χ0) is 34.9. The van der Waals surface area contributed by atoms with Crippen LogP contribution in [0, 0.1) is 50.7 Å². The van der Waals surface area contributed by atoms with Gasteiger partial charge in [0.2, 0.25) is 0 Å². The van der Waals surface area contributed by atoms with Crippen molar-refractivity contribution in [2.45, 2.75) is 169 Å². The summed E-state index contributed by atoms with van der Waals surface area (Å²) in [7, 11) is 0. The van der Waals surface area contributed by atoms with Crippen molar-refractivity contribution >= 4 is 5.97 Å². The van der Waals surface area contributed by atoms with Gasteiger partial charge in [-0.1, -0.05) is 79.5 Å². The lowest BCUT2D eigenvalue weighted by Crippen LogP contribution is -2.70. The van der Waals surface area contributed by atoms with Crippen LogP contribution in [0.3, 0.4) is 0 Å². The van der Waals surface area contributed by atoms with Crippen molar-refractivity contribution in [1.82, 2.24) is 0 Å². The number of hydrogen-bond acceptors (Lipinski definition) is 7. The van der Waals surface area contributed by atoms with Gasteiger partial charge in [0.15, 0.2) is 6.29 Å². The predicted octanol–water partition coefficient (Wildman–Crippen LogP) is 7.51. The molecule has 6 aliphatic rings. The molecule has 48 heavy (non-hydrogen) atoms. The number of esters is 1. The van der Waals surface area contributed by atoms with Crippen molar-refractivity contribution in [1.29, 1.82) is 0 Å². The molecule has 7 nitrogen and oxygen atoms in total. The Labute approximate surface area is 290 Å². The van der Waals surface area contributed by atoms with E-state index in [1.807, 2.05) is 13.0 Å². The van der Waals surface area contributed by atoms with Gasteiger partial charge in [0, 0.05) is 22.8 Å². The third-order valence-corrected chi connectivity index (χ3v) is 16.3. The Balaban J connectivity index is 1.18. The Morgan fingerprint density at radius 2 is 1.67 bits per heavy atom. The Hall–Kier alpha value is -1.25. The van der Waals surface area contributed by atoms with Crippen molar-refractivity contribution < 1.29 is 34.3 Å². The Morgan fingerprint density at radius 1 is 0.917 bits per heavy atom. The molecule has 2 aliphatic heterocycles. The first-order valence-electron chi connectivity index (χ1n) is 19.4. The molecule has 0 aromatic carbocycles. The molecule has 3 N–H and O–H groups in total. The molecule has 6 fully saturated rings. The van der Waals surface area contributed by atoms with Gasteiger partial charge in [0.1, 0.15) is 17.8 Å². The summed E-state index contributed by atoms with van der Waals surface area (Å²) in [5.41, 5.74) is -1.22. The fraction of sp³-hybridized carbons (Fsp3) is 0.878. The Morgan fingerprint density at radius 3 is 2.35 bits per heavy atom. The van der Waals surface area contributed by atoms with Gasteiger partial charge in [-0.25, -0.2) is 4.79 Å². The highest BCUT2D eigenvalue weighted by molar-refractivity contribution is 5.82. The number of aliphatic hydroxyl groups excluding tert-OH is 3. The second kappa shape index (κ2) is 12.8. The summed E-state index contributed by atoms with van der Waals surface area (Å²) in [6.45, 7) is 18.4. The molecule has 2 saturated heterocycles. The smallest absolute Gasteiger partial charge is 0.331 e. The van der Waals surface area contributed by atoms with Gasteiger partial charge < -0.3 is 29.5 Å². The highest BCUT2D eigenvalue weighted by atomic mass is 16.7. The Kier molecular flexibility index (Phi) is 9.71. The van der Waals surface area contributed by atoms with Crippen molar-refractivity contribution in [3.63, 3.8) is 0 Å². The number of hydrogen-bond donors (Lipinski definition) is 3. The van der Waals surface area contributed by atoms with E-state index in [2.05, 4.69) is 54.5 Å². The van der Waals surface area contributed by atoms with Crippen molar-refractivity contribution in [3.05, 3.63) is 24.3 Å². The van der Waals surface area contributed by atoms with E-state index in [1.165, 1.54) is 19.3 Å². The molecular formula is C41H66O7. The van der Waals surface area contributed by atoms with Gasteiger partial charge in [-0.2, -0.15) is 0 Å². The molecular weight excluding hydrogens is 604 g/mol. The molecule has 0 amide bonds. The van der Waals surface area contributed by atoms with Crippen LogP contribution in [-0.2, 0) is 19.0 Å². The van der Waals surface area contributed by atoms with Gasteiger partial charge in [-0.05, 0) is 105 Å². The number of epoxide rings is 1. The van der Waals surface area contributed by atoms with E-state index >= 15 is 0 Å². The average molecular weight is 671 g/mol. The van der Waals surface area contributed by atoms with E-state index in [0.29, 0.717) is 18.3 Å². The quantitative estimate of drug-likeness (QED) is 0.0726. The fourth-order valence-electron chi connectivity index (χ4n) is 13.1. The predicted molar refractivity (Wildman–Crippen MR) is 187 cm³/mol. The molecule has 14 atom stereocenters.